The molecule has 20 heavy (non-hydrogen) atoms. The van der Waals surface area contributed by atoms with Crippen molar-refractivity contribution in [1.82, 2.24) is 10.6 Å². The first kappa shape index (κ1) is 14.0. The first-order valence-electron chi connectivity index (χ1n) is 5.79. The highest BCUT2D eigenvalue weighted by molar-refractivity contribution is 7.80. The molecule has 102 valence electrons. The van der Waals surface area contributed by atoms with E-state index in [1.165, 1.54) is 6.08 Å². The van der Waals surface area contributed by atoms with Gasteiger partial charge in [0.2, 0.25) is 0 Å². The fourth-order valence-electron chi connectivity index (χ4n) is 1.60. The van der Waals surface area contributed by atoms with Crippen LogP contribution in [0.15, 0.2) is 42.0 Å². The van der Waals surface area contributed by atoms with Gasteiger partial charge in [-0.1, -0.05) is 24.3 Å². The van der Waals surface area contributed by atoms with Gasteiger partial charge in [0.15, 0.2) is 5.11 Å². The van der Waals surface area contributed by atoms with E-state index >= 15 is 0 Å². The number of ether oxygens (including phenoxy) is 1. The maximum atomic E-state index is 11.6. The van der Waals surface area contributed by atoms with E-state index in [9.17, 15) is 9.59 Å². The van der Waals surface area contributed by atoms with E-state index in [1.54, 1.807) is 19.3 Å². The molecule has 0 unspecified atom stereocenters. The number of amides is 2. The Morgan fingerprint density at radius 3 is 2.25 bits per heavy atom. The van der Waals surface area contributed by atoms with E-state index in [4.69, 9.17) is 17.0 Å². The lowest BCUT2D eigenvalue weighted by atomic mass is 10.1. The van der Waals surface area contributed by atoms with Gasteiger partial charge < -0.3 is 4.74 Å². The molecule has 2 N–H and O–H groups in total. The number of nitrogens with one attached hydrogen (secondary N) is 2. The molecule has 5 nitrogen and oxygen atoms in total. The lowest BCUT2D eigenvalue weighted by molar-refractivity contribution is -0.123. The largest absolute Gasteiger partial charge is 0.497 e. The maximum absolute atomic E-state index is 11.6. The Kier molecular flexibility index (Phi) is 4.27. The minimum Gasteiger partial charge on any atom is -0.497 e. The number of thiocarbonyl (C=S) groups is 1. The van der Waals surface area contributed by atoms with Gasteiger partial charge in [-0.25, -0.2) is 0 Å². The molecule has 0 bridgehead atoms. The minimum absolute atomic E-state index is 0.0170. The molecule has 2 rings (SSSR count). The summed E-state index contributed by atoms with van der Waals surface area (Å²) in [6.45, 7) is 0. The van der Waals surface area contributed by atoms with Crippen LogP contribution in [-0.4, -0.2) is 24.0 Å². The normalized spacial score (nSPS) is 15.1. The Hall–Kier alpha value is -2.47. The Balaban J connectivity index is 2.10. The van der Waals surface area contributed by atoms with Crippen LogP contribution in [0.5, 0.6) is 5.75 Å². The van der Waals surface area contributed by atoms with Gasteiger partial charge in [0.1, 0.15) is 11.3 Å². The Morgan fingerprint density at radius 2 is 1.70 bits per heavy atom. The fraction of sp³-hybridized carbons (Fsp3) is 0.0714. The quantitative estimate of drug-likeness (QED) is 0.498. The third kappa shape index (κ3) is 3.30. The molecule has 0 saturated carbocycles. The van der Waals surface area contributed by atoms with Gasteiger partial charge in [-0.3, -0.25) is 20.2 Å². The van der Waals surface area contributed by atoms with Crippen molar-refractivity contribution in [1.29, 1.82) is 0 Å². The Labute approximate surface area is 121 Å². The number of carbonyl (C=O) groups excluding carboxylic acids is 2. The van der Waals surface area contributed by atoms with Crippen LogP contribution in [0.3, 0.4) is 0 Å². The molecule has 1 saturated heterocycles. The standard InChI is InChI=1S/C14H12N2O3S/c1-19-10-7-5-9(6-8-10)3-2-4-11-12(17)15-14(20)16-13(11)18/h2-8H,1H3,(H2,15,16,17,18,20)/b3-2+. The van der Waals surface area contributed by atoms with E-state index in [0.29, 0.717) is 0 Å². The molecule has 1 aromatic rings. The van der Waals surface area contributed by atoms with Crippen molar-refractivity contribution in [2.24, 2.45) is 0 Å². The third-order valence-corrected chi connectivity index (χ3v) is 2.81. The molecule has 1 fully saturated rings. The molecule has 0 atom stereocenters. The zero-order valence-electron chi connectivity index (χ0n) is 10.7. The van der Waals surface area contributed by atoms with Crippen molar-refractivity contribution in [3.63, 3.8) is 0 Å². The monoisotopic (exact) mass is 288 g/mol. The van der Waals surface area contributed by atoms with E-state index in [2.05, 4.69) is 10.6 Å². The average Bonchev–Trinajstić information content (AvgIpc) is 2.42. The maximum Gasteiger partial charge on any atom is 0.263 e. The molecular formula is C14H12N2O3S. The Bertz CT molecular complexity index is 596. The summed E-state index contributed by atoms with van der Waals surface area (Å²) in [6, 6.07) is 7.38. The molecule has 1 aromatic carbocycles. The molecule has 1 aliphatic heterocycles. The van der Waals surface area contributed by atoms with Crippen LogP contribution >= 0.6 is 12.2 Å². The van der Waals surface area contributed by atoms with Crippen molar-refractivity contribution < 1.29 is 14.3 Å². The second-order valence-corrected chi connectivity index (χ2v) is 4.36. The van der Waals surface area contributed by atoms with E-state index < -0.39 is 11.8 Å². The summed E-state index contributed by atoms with van der Waals surface area (Å²) in [7, 11) is 1.60. The number of allylic oxidation sites excluding steroid dienone is 2. The number of hydrogen-bond donors (Lipinski definition) is 2. The summed E-state index contributed by atoms with van der Waals surface area (Å²) in [4.78, 5) is 23.1. The van der Waals surface area contributed by atoms with Crippen molar-refractivity contribution in [3.05, 3.63) is 47.6 Å². The highest BCUT2D eigenvalue weighted by atomic mass is 32.1. The highest BCUT2D eigenvalue weighted by Gasteiger charge is 2.24. The number of rotatable bonds is 3. The molecule has 6 heteroatoms. The topological polar surface area (TPSA) is 67.4 Å². The van der Waals surface area contributed by atoms with E-state index in [0.717, 1.165) is 11.3 Å². The first-order chi connectivity index (χ1) is 9.60. The van der Waals surface area contributed by atoms with Gasteiger partial charge in [-0.05, 0) is 36.0 Å². The van der Waals surface area contributed by atoms with Gasteiger partial charge in [0, 0.05) is 0 Å². The summed E-state index contributed by atoms with van der Waals surface area (Å²) in [5.74, 6) is -0.240. The number of hydrogen-bond acceptors (Lipinski definition) is 4. The van der Waals surface area contributed by atoms with Gasteiger partial charge in [-0.15, -0.1) is 0 Å². The minimum atomic E-state index is -0.502. The molecule has 2 amide bonds. The first-order valence-corrected chi connectivity index (χ1v) is 6.20. The van der Waals surface area contributed by atoms with Gasteiger partial charge in [0.25, 0.3) is 11.8 Å². The van der Waals surface area contributed by atoms with Crippen molar-refractivity contribution in [2.45, 2.75) is 0 Å². The lowest BCUT2D eigenvalue weighted by Gasteiger charge is -2.15. The van der Waals surface area contributed by atoms with Gasteiger partial charge in [-0.2, -0.15) is 0 Å². The highest BCUT2D eigenvalue weighted by Crippen LogP contribution is 2.12. The molecule has 0 aromatic heterocycles. The van der Waals surface area contributed by atoms with Crippen LogP contribution in [0.25, 0.3) is 6.08 Å². The summed E-state index contributed by atoms with van der Waals surface area (Å²) >= 11 is 4.70. The van der Waals surface area contributed by atoms with Crippen LogP contribution in [0.4, 0.5) is 0 Å². The summed E-state index contributed by atoms with van der Waals surface area (Å²) in [5.41, 5.74) is 0.943. The predicted molar refractivity (Wildman–Crippen MR) is 79.0 cm³/mol. The predicted octanol–water partition coefficient (Wildman–Crippen LogP) is 1.17. The zero-order valence-corrected chi connectivity index (χ0v) is 11.5. The van der Waals surface area contributed by atoms with Gasteiger partial charge in [0.05, 0.1) is 7.11 Å². The van der Waals surface area contributed by atoms with Crippen LogP contribution < -0.4 is 15.4 Å². The van der Waals surface area contributed by atoms with Crippen LogP contribution in [0.2, 0.25) is 0 Å². The van der Waals surface area contributed by atoms with E-state index in [1.807, 2.05) is 24.3 Å². The van der Waals surface area contributed by atoms with Crippen LogP contribution in [0, 0.1) is 0 Å². The number of benzene rings is 1. The Morgan fingerprint density at radius 1 is 1.10 bits per heavy atom. The molecular weight excluding hydrogens is 276 g/mol. The second kappa shape index (κ2) is 6.12. The molecule has 0 spiro atoms. The second-order valence-electron chi connectivity index (χ2n) is 3.95. The molecule has 0 radical (unpaired) electrons. The summed E-state index contributed by atoms with van der Waals surface area (Å²) in [5, 5.41) is 4.76. The van der Waals surface area contributed by atoms with Crippen molar-refractivity contribution in [2.75, 3.05) is 7.11 Å². The average molecular weight is 288 g/mol. The van der Waals surface area contributed by atoms with Gasteiger partial charge >= 0.3 is 0 Å². The SMILES string of the molecule is COc1ccc(/C=C/C=C2C(=O)NC(=S)NC2=O)cc1. The van der Waals surface area contributed by atoms with Crippen molar-refractivity contribution >= 4 is 35.2 Å². The van der Waals surface area contributed by atoms with Crippen LogP contribution in [0.1, 0.15) is 5.56 Å². The van der Waals surface area contributed by atoms with E-state index in [-0.39, 0.29) is 10.7 Å². The fourth-order valence-corrected chi connectivity index (χ4v) is 1.78. The number of methoxy groups -OCH3 is 1. The van der Waals surface area contributed by atoms with Crippen molar-refractivity contribution in [3.8, 4) is 5.75 Å². The summed E-state index contributed by atoms with van der Waals surface area (Å²) in [6.07, 6.45) is 4.85. The van der Waals surface area contributed by atoms with Crippen LogP contribution in [-0.2, 0) is 9.59 Å². The molecule has 1 heterocycles. The zero-order chi connectivity index (χ0) is 14.5. The number of carbonyl (C=O) groups is 2. The lowest BCUT2D eigenvalue weighted by Crippen LogP contribution is -2.51. The third-order valence-electron chi connectivity index (χ3n) is 2.61. The summed E-state index contributed by atoms with van der Waals surface area (Å²) < 4.78 is 5.05. The molecule has 1 aliphatic rings. The smallest absolute Gasteiger partial charge is 0.263 e. The molecule has 0 aliphatic carbocycles.